The molecule has 0 saturated heterocycles. The number of benzene rings is 2. The highest BCUT2D eigenvalue weighted by molar-refractivity contribution is 9.10. The lowest BCUT2D eigenvalue weighted by molar-refractivity contribution is -0.137. The van der Waals surface area contributed by atoms with Crippen molar-refractivity contribution in [2.75, 3.05) is 5.32 Å². The van der Waals surface area contributed by atoms with Gasteiger partial charge in [-0.3, -0.25) is 4.79 Å². The predicted molar refractivity (Wildman–Crippen MR) is 83.3 cm³/mol. The molecule has 7 heteroatoms. The van der Waals surface area contributed by atoms with Crippen molar-refractivity contribution in [1.29, 1.82) is 0 Å². The van der Waals surface area contributed by atoms with E-state index < -0.39 is 17.6 Å². The quantitative estimate of drug-likeness (QED) is 0.637. The van der Waals surface area contributed by atoms with Gasteiger partial charge in [0.1, 0.15) is 5.58 Å². The molecule has 0 aliphatic rings. The van der Waals surface area contributed by atoms with Crippen LogP contribution in [-0.4, -0.2) is 5.91 Å². The predicted octanol–water partition coefficient (Wildman–Crippen LogP) is 5.47. The minimum atomic E-state index is -4.47. The number of alkyl halides is 3. The van der Waals surface area contributed by atoms with E-state index in [0.717, 1.165) is 22.0 Å². The zero-order valence-electron chi connectivity index (χ0n) is 11.4. The number of rotatable bonds is 2. The van der Waals surface area contributed by atoms with Crippen LogP contribution in [0.4, 0.5) is 18.9 Å². The fraction of sp³-hybridized carbons (Fsp3) is 0.0625. The molecule has 3 rings (SSSR count). The average Bonchev–Trinajstić information content (AvgIpc) is 2.90. The van der Waals surface area contributed by atoms with Gasteiger partial charge in [-0.1, -0.05) is 22.0 Å². The molecule has 1 amide bonds. The van der Waals surface area contributed by atoms with E-state index in [-0.39, 0.29) is 11.4 Å². The monoisotopic (exact) mass is 383 g/mol. The van der Waals surface area contributed by atoms with Gasteiger partial charge < -0.3 is 9.73 Å². The maximum atomic E-state index is 12.7. The highest BCUT2D eigenvalue weighted by atomic mass is 79.9. The van der Waals surface area contributed by atoms with Gasteiger partial charge in [0.25, 0.3) is 5.91 Å². The van der Waals surface area contributed by atoms with E-state index in [1.54, 1.807) is 18.2 Å². The van der Waals surface area contributed by atoms with Gasteiger partial charge >= 0.3 is 6.18 Å². The third kappa shape index (κ3) is 3.39. The molecule has 118 valence electrons. The topological polar surface area (TPSA) is 42.2 Å². The van der Waals surface area contributed by atoms with Crippen molar-refractivity contribution in [2.45, 2.75) is 6.18 Å². The van der Waals surface area contributed by atoms with Crippen LogP contribution in [0.15, 0.2) is 57.4 Å². The Morgan fingerprint density at radius 2 is 1.87 bits per heavy atom. The van der Waals surface area contributed by atoms with Crippen LogP contribution < -0.4 is 5.32 Å². The molecule has 0 saturated carbocycles. The number of fused-ring (bicyclic) bond motifs is 1. The summed E-state index contributed by atoms with van der Waals surface area (Å²) in [6.07, 6.45) is -4.47. The third-order valence-corrected chi connectivity index (χ3v) is 3.65. The Morgan fingerprint density at radius 1 is 1.09 bits per heavy atom. The number of nitrogens with one attached hydrogen (secondary N) is 1. The second kappa shape index (κ2) is 5.73. The van der Waals surface area contributed by atoms with E-state index in [1.807, 2.05) is 0 Å². The molecule has 23 heavy (non-hydrogen) atoms. The lowest BCUT2D eigenvalue weighted by Gasteiger charge is -2.09. The van der Waals surface area contributed by atoms with E-state index in [2.05, 4.69) is 21.2 Å². The number of carbonyl (C=O) groups excluding carboxylic acids is 1. The molecule has 0 fully saturated rings. The van der Waals surface area contributed by atoms with Crippen molar-refractivity contribution in [3.63, 3.8) is 0 Å². The maximum absolute atomic E-state index is 12.7. The van der Waals surface area contributed by atoms with Crippen molar-refractivity contribution in [1.82, 2.24) is 0 Å². The number of hydrogen-bond acceptors (Lipinski definition) is 2. The number of anilines is 1. The second-order valence-corrected chi connectivity index (χ2v) is 5.74. The van der Waals surface area contributed by atoms with E-state index in [0.29, 0.717) is 5.58 Å². The number of halogens is 4. The van der Waals surface area contributed by atoms with E-state index in [1.165, 1.54) is 18.2 Å². The highest BCUT2D eigenvalue weighted by Gasteiger charge is 2.30. The molecule has 3 aromatic rings. The number of carbonyl (C=O) groups is 1. The lowest BCUT2D eigenvalue weighted by atomic mass is 10.2. The fourth-order valence-electron chi connectivity index (χ4n) is 2.08. The Morgan fingerprint density at radius 3 is 2.61 bits per heavy atom. The van der Waals surface area contributed by atoms with E-state index in [4.69, 9.17) is 4.42 Å². The van der Waals surface area contributed by atoms with Crippen molar-refractivity contribution >= 4 is 38.5 Å². The first-order valence-corrected chi connectivity index (χ1v) is 7.30. The molecule has 1 aromatic heterocycles. The fourth-order valence-corrected chi connectivity index (χ4v) is 2.42. The first kappa shape index (κ1) is 15.6. The number of furan rings is 1. The van der Waals surface area contributed by atoms with E-state index >= 15 is 0 Å². The molecule has 0 radical (unpaired) electrons. The molecule has 0 aliphatic carbocycles. The SMILES string of the molecule is O=C(Nc1cccc(C(F)(F)F)c1)c1cc2ccc(Br)cc2o1. The minimum absolute atomic E-state index is 0.0236. The van der Waals surface area contributed by atoms with Crippen LogP contribution in [-0.2, 0) is 6.18 Å². The van der Waals surface area contributed by atoms with Gasteiger partial charge in [0.05, 0.1) is 5.56 Å². The van der Waals surface area contributed by atoms with Gasteiger partial charge in [-0.2, -0.15) is 13.2 Å². The molecule has 1 N–H and O–H groups in total. The summed E-state index contributed by atoms with van der Waals surface area (Å²) in [6.45, 7) is 0. The van der Waals surface area contributed by atoms with Gasteiger partial charge in [0.2, 0.25) is 0 Å². The minimum Gasteiger partial charge on any atom is -0.451 e. The maximum Gasteiger partial charge on any atom is 0.416 e. The largest absolute Gasteiger partial charge is 0.451 e. The summed E-state index contributed by atoms with van der Waals surface area (Å²) in [5.41, 5.74) is -0.274. The summed E-state index contributed by atoms with van der Waals surface area (Å²) < 4.78 is 44.2. The second-order valence-electron chi connectivity index (χ2n) is 4.83. The molecule has 3 nitrogen and oxygen atoms in total. The summed E-state index contributed by atoms with van der Waals surface area (Å²) in [5.74, 6) is -0.591. The van der Waals surface area contributed by atoms with Crippen LogP contribution in [0.1, 0.15) is 16.1 Å². The third-order valence-electron chi connectivity index (χ3n) is 3.15. The molecule has 2 aromatic carbocycles. The van der Waals surface area contributed by atoms with Crippen molar-refractivity contribution in [3.05, 3.63) is 64.3 Å². The summed E-state index contributed by atoms with van der Waals surface area (Å²) in [5, 5.41) is 3.13. The van der Waals surface area contributed by atoms with Gasteiger partial charge in [-0.25, -0.2) is 0 Å². The molecule has 1 heterocycles. The summed E-state index contributed by atoms with van der Waals surface area (Å²) in [7, 11) is 0. The summed E-state index contributed by atoms with van der Waals surface area (Å²) >= 11 is 3.29. The number of hydrogen-bond donors (Lipinski definition) is 1. The Kier molecular flexibility index (Phi) is 3.89. The summed E-state index contributed by atoms with van der Waals surface area (Å²) in [6, 6.07) is 11.2. The van der Waals surface area contributed by atoms with Gasteiger partial charge in [-0.05, 0) is 42.5 Å². The Bertz CT molecular complexity index is 886. The molecular weight excluding hydrogens is 375 g/mol. The number of amides is 1. The van der Waals surface area contributed by atoms with Crippen LogP contribution in [0, 0.1) is 0 Å². The molecule has 0 spiro atoms. The van der Waals surface area contributed by atoms with Crippen LogP contribution in [0.5, 0.6) is 0 Å². The Balaban J connectivity index is 1.86. The standard InChI is InChI=1S/C16H9BrF3NO2/c17-11-5-4-9-6-14(23-13(9)8-11)15(22)21-12-3-1-2-10(7-12)16(18,19)20/h1-8H,(H,21,22). The van der Waals surface area contributed by atoms with Gasteiger partial charge in [-0.15, -0.1) is 0 Å². The zero-order valence-corrected chi connectivity index (χ0v) is 13.0. The zero-order chi connectivity index (χ0) is 16.6. The molecule has 0 bridgehead atoms. The molecule has 0 aliphatic heterocycles. The summed E-state index contributed by atoms with van der Waals surface area (Å²) in [4.78, 5) is 12.1. The highest BCUT2D eigenvalue weighted by Crippen LogP contribution is 2.31. The van der Waals surface area contributed by atoms with Crippen molar-refractivity contribution in [2.24, 2.45) is 0 Å². The lowest BCUT2D eigenvalue weighted by Crippen LogP contribution is -2.12. The normalized spacial score (nSPS) is 11.7. The Hall–Kier alpha value is -2.28. The van der Waals surface area contributed by atoms with Crippen LogP contribution in [0.3, 0.4) is 0 Å². The van der Waals surface area contributed by atoms with E-state index in [9.17, 15) is 18.0 Å². The Labute approximate surface area is 137 Å². The van der Waals surface area contributed by atoms with Crippen molar-refractivity contribution < 1.29 is 22.4 Å². The first-order chi connectivity index (χ1) is 10.8. The first-order valence-electron chi connectivity index (χ1n) is 6.51. The molecular formula is C16H9BrF3NO2. The van der Waals surface area contributed by atoms with Gasteiger partial charge in [0, 0.05) is 15.5 Å². The van der Waals surface area contributed by atoms with Crippen LogP contribution in [0.25, 0.3) is 11.0 Å². The van der Waals surface area contributed by atoms with Crippen molar-refractivity contribution in [3.8, 4) is 0 Å². The molecule has 0 unspecified atom stereocenters. The van der Waals surface area contributed by atoms with Crippen LogP contribution >= 0.6 is 15.9 Å². The smallest absolute Gasteiger partial charge is 0.416 e. The average molecular weight is 384 g/mol. The molecule has 0 atom stereocenters. The van der Waals surface area contributed by atoms with Gasteiger partial charge in [0.15, 0.2) is 5.76 Å². The van der Waals surface area contributed by atoms with Crippen LogP contribution in [0.2, 0.25) is 0 Å².